The molecular weight excluding hydrogens is 631 g/mol. The second-order valence-corrected chi connectivity index (χ2v) is 15.2. The van der Waals surface area contributed by atoms with Crippen molar-refractivity contribution < 1.29 is 4.42 Å². The Morgan fingerprint density at radius 2 is 1.33 bits per heavy atom. The van der Waals surface area contributed by atoms with Gasteiger partial charge in [-0.15, -0.1) is 0 Å². The van der Waals surface area contributed by atoms with Crippen LogP contribution in [0.3, 0.4) is 0 Å². The standard InChI is InChI=1S/C48H39BN2O/c1-30-18-22-34(23-19-30)51-41-26-20-31(2)28-40(41)49-39-25-24-35(29-38(39)48(4,5)45-32(3)21-27-42(51)46(45)49)50(33-12-7-6-8-13-33)43-16-11-15-37-36-14-9-10-17-44(36)52-47(37)43/h6-29H,1-5H3. The maximum absolute atomic E-state index is 6.64. The molecule has 0 spiro atoms. The van der Waals surface area contributed by atoms with Crippen LogP contribution in [0.5, 0.6) is 0 Å². The molecule has 0 N–H and O–H groups in total. The largest absolute Gasteiger partial charge is 0.454 e. The van der Waals surface area contributed by atoms with Crippen LogP contribution in [0.2, 0.25) is 0 Å². The summed E-state index contributed by atoms with van der Waals surface area (Å²) in [5.74, 6) is 0. The number of rotatable bonds is 4. The molecule has 4 heteroatoms. The van der Waals surface area contributed by atoms with Gasteiger partial charge in [0.15, 0.2) is 5.58 Å². The Morgan fingerprint density at radius 3 is 2.15 bits per heavy atom. The third-order valence-corrected chi connectivity index (χ3v) is 11.5. The Labute approximate surface area is 305 Å². The Kier molecular flexibility index (Phi) is 6.66. The minimum absolute atomic E-state index is 0.113. The number of benzene rings is 7. The predicted octanol–water partition coefficient (Wildman–Crippen LogP) is 10.9. The molecule has 0 saturated carbocycles. The van der Waals surface area contributed by atoms with Gasteiger partial charge in [-0.3, -0.25) is 0 Å². The van der Waals surface area contributed by atoms with Crippen LogP contribution in [-0.2, 0) is 5.41 Å². The predicted molar refractivity (Wildman–Crippen MR) is 221 cm³/mol. The summed E-state index contributed by atoms with van der Waals surface area (Å²) in [6, 6.07) is 53.4. The Morgan fingerprint density at radius 1 is 0.596 bits per heavy atom. The van der Waals surface area contributed by atoms with E-state index in [0.29, 0.717) is 0 Å². The first-order valence-electron chi connectivity index (χ1n) is 18.3. The molecule has 0 aliphatic carbocycles. The first-order valence-corrected chi connectivity index (χ1v) is 18.3. The Balaban J connectivity index is 1.22. The van der Waals surface area contributed by atoms with Gasteiger partial charge in [0, 0.05) is 44.6 Å². The topological polar surface area (TPSA) is 19.6 Å². The molecule has 8 aromatic rings. The summed E-state index contributed by atoms with van der Waals surface area (Å²) in [5, 5.41) is 2.25. The Hall–Kier alpha value is -6.00. The van der Waals surface area contributed by atoms with E-state index < -0.39 is 0 Å². The van der Waals surface area contributed by atoms with Crippen molar-refractivity contribution in [2.24, 2.45) is 0 Å². The minimum atomic E-state index is -0.259. The molecule has 0 amide bonds. The number of nitrogens with zero attached hydrogens (tertiary/aromatic N) is 2. The molecule has 3 heterocycles. The van der Waals surface area contributed by atoms with Gasteiger partial charge in [-0.25, -0.2) is 0 Å². The molecule has 1 aromatic heterocycles. The van der Waals surface area contributed by atoms with Crippen LogP contribution in [0.4, 0.5) is 34.1 Å². The van der Waals surface area contributed by atoms with Crippen LogP contribution in [0.15, 0.2) is 150 Å². The van der Waals surface area contributed by atoms with Crippen LogP contribution in [-0.4, -0.2) is 6.71 Å². The first-order chi connectivity index (χ1) is 25.3. The summed E-state index contributed by atoms with van der Waals surface area (Å²) < 4.78 is 6.64. The first kappa shape index (κ1) is 30.8. The molecule has 0 atom stereocenters. The number of para-hydroxylation sites is 3. The van der Waals surface area contributed by atoms with E-state index in [-0.39, 0.29) is 12.1 Å². The van der Waals surface area contributed by atoms with Crippen molar-refractivity contribution in [2.45, 2.75) is 40.0 Å². The molecule has 52 heavy (non-hydrogen) atoms. The van der Waals surface area contributed by atoms with Gasteiger partial charge in [-0.2, -0.15) is 0 Å². The fourth-order valence-corrected chi connectivity index (χ4v) is 9.25. The van der Waals surface area contributed by atoms with Crippen molar-refractivity contribution in [3.05, 3.63) is 173 Å². The van der Waals surface area contributed by atoms with Gasteiger partial charge < -0.3 is 14.2 Å². The lowest BCUT2D eigenvalue weighted by molar-refractivity contribution is 0.641. The van der Waals surface area contributed by atoms with Crippen LogP contribution in [0.25, 0.3) is 21.9 Å². The van der Waals surface area contributed by atoms with E-state index in [2.05, 4.69) is 184 Å². The summed E-state index contributed by atoms with van der Waals surface area (Å²) >= 11 is 0. The molecule has 0 bridgehead atoms. The molecule has 0 radical (unpaired) electrons. The van der Waals surface area contributed by atoms with Gasteiger partial charge in [-0.05, 0) is 109 Å². The van der Waals surface area contributed by atoms with Gasteiger partial charge in [0.2, 0.25) is 6.71 Å². The molecule has 10 rings (SSSR count). The molecule has 7 aromatic carbocycles. The summed E-state index contributed by atoms with van der Waals surface area (Å²) in [6.07, 6.45) is 0. The van der Waals surface area contributed by atoms with Crippen molar-refractivity contribution in [3.8, 4) is 0 Å². The molecule has 2 aliphatic heterocycles. The van der Waals surface area contributed by atoms with E-state index in [9.17, 15) is 0 Å². The number of hydrogen-bond donors (Lipinski definition) is 0. The van der Waals surface area contributed by atoms with Gasteiger partial charge in [0.05, 0.1) is 5.69 Å². The van der Waals surface area contributed by atoms with Crippen molar-refractivity contribution in [1.29, 1.82) is 0 Å². The van der Waals surface area contributed by atoms with Crippen LogP contribution < -0.4 is 26.2 Å². The maximum atomic E-state index is 6.64. The second-order valence-electron chi connectivity index (χ2n) is 15.2. The highest BCUT2D eigenvalue weighted by atomic mass is 16.3. The molecule has 0 unspecified atom stereocenters. The highest BCUT2D eigenvalue weighted by Gasteiger charge is 2.47. The number of aryl methyl sites for hydroxylation is 3. The lowest BCUT2D eigenvalue weighted by Crippen LogP contribution is -2.64. The average molecular weight is 671 g/mol. The van der Waals surface area contributed by atoms with Crippen molar-refractivity contribution >= 4 is 79.2 Å². The number of hydrogen-bond acceptors (Lipinski definition) is 3. The zero-order valence-electron chi connectivity index (χ0n) is 30.2. The van der Waals surface area contributed by atoms with E-state index in [0.717, 1.165) is 39.0 Å². The Bertz CT molecular complexity index is 2710. The third kappa shape index (κ3) is 4.40. The third-order valence-electron chi connectivity index (χ3n) is 11.5. The lowest BCUT2D eigenvalue weighted by atomic mass is 9.30. The summed E-state index contributed by atoms with van der Waals surface area (Å²) in [4.78, 5) is 4.86. The molecular formula is C48H39BN2O. The second kappa shape index (κ2) is 11.3. The average Bonchev–Trinajstić information content (AvgIpc) is 3.54. The van der Waals surface area contributed by atoms with E-state index in [4.69, 9.17) is 4.42 Å². The van der Waals surface area contributed by atoms with Gasteiger partial charge >= 0.3 is 0 Å². The number of anilines is 6. The molecule has 2 aliphatic rings. The van der Waals surface area contributed by atoms with Crippen molar-refractivity contribution in [2.75, 3.05) is 9.80 Å². The number of fused-ring (bicyclic) bond motifs is 7. The minimum Gasteiger partial charge on any atom is -0.454 e. The van der Waals surface area contributed by atoms with Gasteiger partial charge in [0.1, 0.15) is 5.58 Å². The summed E-state index contributed by atoms with van der Waals surface area (Å²) in [5.41, 5.74) is 19.3. The molecule has 0 fully saturated rings. The zero-order chi connectivity index (χ0) is 35.3. The van der Waals surface area contributed by atoms with Crippen LogP contribution in [0, 0.1) is 20.8 Å². The van der Waals surface area contributed by atoms with Crippen LogP contribution >= 0.6 is 0 Å². The van der Waals surface area contributed by atoms with Gasteiger partial charge in [-0.1, -0.05) is 115 Å². The summed E-state index contributed by atoms with van der Waals surface area (Å²) in [7, 11) is 0. The zero-order valence-corrected chi connectivity index (χ0v) is 30.2. The monoisotopic (exact) mass is 670 g/mol. The lowest BCUT2D eigenvalue weighted by Gasteiger charge is -2.46. The smallest absolute Gasteiger partial charge is 0.247 e. The maximum Gasteiger partial charge on any atom is 0.247 e. The van der Waals surface area contributed by atoms with E-state index in [1.165, 1.54) is 61.3 Å². The molecule has 3 nitrogen and oxygen atoms in total. The molecule has 250 valence electrons. The van der Waals surface area contributed by atoms with E-state index in [1.54, 1.807) is 0 Å². The molecule has 0 saturated heterocycles. The number of furan rings is 1. The van der Waals surface area contributed by atoms with Crippen LogP contribution in [0.1, 0.15) is 41.7 Å². The van der Waals surface area contributed by atoms with Crippen molar-refractivity contribution in [3.63, 3.8) is 0 Å². The fourth-order valence-electron chi connectivity index (χ4n) is 9.25. The fraction of sp³-hybridized carbons (Fsp3) is 0.125. The normalized spacial score (nSPS) is 13.9. The quantitative estimate of drug-likeness (QED) is 0.174. The SMILES string of the molecule is Cc1ccc(N2c3ccc(C)cc3B3c4ccc(N(c5ccccc5)c5cccc6c5oc5ccccc56)cc4C(C)(C)c4c(C)ccc2c43)cc1. The van der Waals surface area contributed by atoms with E-state index >= 15 is 0 Å². The highest BCUT2D eigenvalue weighted by molar-refractivity contribution is 6.99. The van der Waals surface area contributed by atoms with Gasteiger partial charge in [0.25, 0.3) is 0 Å². The highest BCUT2D eigenvalue weighted by Crippen LogP contribution is 2.46. The van der Waals surface area contributed by atoms with E-state index in [1.807, 2.05) is 6.07 Å². The summed E-state index contributed by atoms with van der Waals surface area (Å²) in [6.45, 7) is 11.6. The van der Waals surface area contributed by atoms with Crippen molar-refractivity contribution in [1.82, 2.24) is 0 Å².